The fourth-order valence-electron chi connectivity index (χ4n) is 5.48. The molecule has 0 aliphatic heterocycles. The topological polar surface area (TPSA) is 40.7 Å². The van der Waals surface area contributed by atoms with E-state index in [0.29, 0.717) is 5.41 Å². The Bertz CT molecular complexity index is 488. The molecule has 4 saturated carbocycles. The van der Waals surface area contributed by atoms with Crippen molar-refractivity contribution in [3.8, 4) is 0 Å². The molecule has 0 spiro atoms. The third-order valence-electron chi connectivity index (χ3n) is 5.98. The molecule has 0 atom stereocenters. The van der Waals surface area contributed by atoms with Crippen LogP contribution in [0.3, 0.4) is 0 Å². The van der Waals surface area contributed by atoms with E-state index in [4.69, 9.17) is 4.98 Å². The Morgan fingerprint density at radius 3 is 2.24 bits per heavy atom. The van der Waals surface area contributed by atoms with Crippen LogP contribution >= 0.6 is 0 Å². The molecule has 0 aromatic carbocycles. The molecule has 4 aliphatic rings. The van der Waals surface area contributed by atoms with Gasteiger partial charge in [0.25, 0.3) is 0 Å². The molecule has 0 saturated heterocycles. The molecule has 0 unspecified atom stereocenters. The van der Waals surface area contributed by atoms with Crippen molar-refractivity contribution in [1.29, 1.82) is 0 Å². The van der Waals surface area contributed by atoms with Crippen molar-refractivity contribution in [1.82, 2.24) is 15.3 Å². The zero-order valence-corrected chi connectivity index (χ0v) is 13.7. The summed E-state index contributed by atoms with van der Waals surface area (Å²) in [5.41, 5.74) is 1.80. The lowest BCUT2D eigenvalue weighted by Gasteiger charge is -2.56. The van der Waals surface area contributed by atoms with Gasteiger partial charge in [-0.15, -0.1) is 0 Å². The van der Waals surface area contributed by atoms with Gasteiger partial charge in [-0.2, -0.15) is 0 Å². The molecule has 4 fully saturated rings. The van der Waals surface area contributed by atoms with Crippen LogP contribution in [0.15, 0.2) is 6.20 Å². The fraction of sp³-hybridized carbons (Fsp3) is 0.833. The van der Waals surface area contributed by atoms with Crippen molar-refractivity contribution in [3.63, 3.8) is 0 Å². The van der Waals surface area contributed by atoms with Crippen LogP contribution in [0.2, 0.25) is 0 Å². The van der Waals surface area contributed by atoms with Crippen LogP contribution in [0.25, 0.3) is 0 Å². The summed E-state index contributed by atoms with van der Waals surface area (Å²) in [6.45, 7) is 7.53. The second kappa shape index (κ2) is 4.58. The van der Waals surface area contributed by atoms with Gasteiger partial charge in [0.2, 0.25) is 0 Å². The summed E-state index contributed by atoms with van der Waals surface area (Å²) in [5, 5.41) is 3.55. The Labute approximate surface area is 128 Å². The van der Waals surface area contributed by atoms with Crippen LogP contribution in [0.5, 0.6) is 0 Å². The highest BCUT2D eigenvalue weighted by atomic mass is 15.0. The molecular formula is C18H29N3. The Hall–Kier alpha value is -0.830. The van der Waals surface area contributed by atoms with E-state index >= 15 is 0 Å². The highest BCUT2D eigenvalue weighted by Crippen LogP contribution is 2.60. The summed E-state index contributed by atoms with van der Waals surface area (Å²) in [4.78, 5) is 8.48. The van der Waals surface area contributed by atoms with Crippen LogP contribution in [-0.4, -0.2) is 15.5 Å². The molecule has 2 N–H and O–H groups in total. The molecule has 1 aromatic heterocycles. The van der Waals surface area contributed by atoms with Crippen molar-refractivity contribution in [3.05, 3.63) is 17.7 Å². The van der Waals surface area contributed by atoms with E-state index in [1.54, 1.807) is 0 Å². The Morgan fingerprint density at radius 2 is 1.71 bits per heavy atom. The van der Waals surface area contributed by atoms with Crippen molar-refractivity contribution in [2.75, 3.05) is 0 Å². The van der Waals surface area contributed by atoms with Crippen molar-refractivity contribution in [2.24, 2.45) is 17.8 Å². The Morgan fingerprint density at radius 1 is 1.14 bits per heavy atom. The van der Waals surface area contributed by atoms with Gasteiger partial charge in [-0.1, -0.05) is 0 Å². The molecule has 4 aliphatic carbocycles. The summed E-state index contributed by atoms with van der Waals surface area (Å²) in [5.74, 6) is 4.25. The van der Waals surface area contributed by atoms with Crippen LogP contribution in [0.1, 0.15) is 70.8 Å². The number of hydrogen-bond acceptors (Lipinski definition) is 2. The second-order valence-electron chi connectivity index (χ2n) is 9.06. The van der Waals surface area contributed by atoms with Gasteiger partial charge in [0, 0.05) is 29.4 Å². The Kier molecular flexibility index (Phi) is 3.01. The lowest BCUT2D eigenvalue weighted by atomic mass is 9.49. The third kappa shape index (κ3) is 2.54. The summed E-state index contributed by atoms with van der Waals surface area (Å²) in [7, 11) is 0. The first-order chi connectivity index (χ1) is 9.92. The van der Waals surface area contributed by atoms with Gasteiger partial charge in [-0.25, -0.2) is 4.98 Å². The molecule has 4 bridgehead atoms. The van der Waals surface area contributed by atoms with Crippen molar-refractivity contribution < 1.29 is 0 Å². The molecule has 21 heavy (non-hydrogen) atoms. The largest absolute Gasteiger partial charge is 0.344 e. The van der Waals surface area contributed by atoms with Gasteiger partial charge in [0.15, 0.2) is 0 Å². The number of rotatable bonds is 3. The standard InChI is InChI=1S/C18H29N3/c1-17(2,3)20-11-15-10-19-16(21-15)18-7-12-4-13(8-18)6-14(5-12)9-18/h10,12-14,20H,4-9,11H2,1-3H3,(H,19,21). The quantitative estimate of drug-likeness (QED) is 0.888. The molecule has 5 rings (SSSR count). The minimum Gasteiger partial charge on any atom is -0.344 e. The number of H-pyrrole nitrogens is 1. The van der Waals surface area contributed by atoms with E-state index in [2.05, 4.69) is 37.3 Å². The predicted octanol–water partition coefficient (Wildman–Crippen LogP) is 3.77. The van der Waals surface area contributed by atoms with Crippen LogP contribution < -0.4 is 5.32 Å². The third-order valence-corrected chi connectivity index (χ3v) is 5.98. The van der Waals surface area contributed by atoms with Gasteiger partial charge in [-0.3, -0.25) is 0 Å². The molecule has 0 radical (unpaired) electrons. The van der Waals surface area contributed by atoms with E-state index in [1.807, 2.05) is 0 Å². The van der Waals surface area contributed by atoms with E-state index in [1.165, 1.54) is 50.0 Å². The lowest BCUT2D eigenvalue weighted by molar-refractivity contribution is -0.00906. The maximum Gasteiger partial charge on any atom is 0.112 e. The van der Waals surface area contributed by atoms with Gasteiger partial charge in [0.05, 0.1) is 0 Å². The molecule has 3 heteroatoms. The van der Waals surface area contributed by atoms with Gasteiger partial charge in [-0.05, 0) is 77.0 Å². The molecular weight excluding hydrogens is 258 g/mol. The normalized spacial score (nSPS) is 38.1. The van der Waals surface area contributed by atoms with Gasteiger partial charge in [0.1, 0.15) is 5.82 Å². The van der Waals surface area contributed by atoms with Crippen molar-refractivity contribution in [2.45, 2.75) is 76.8 Å². The summed E-state index contributed by atoms with van der Waals surface area (Å²) in [6.07, 6.45) is 10.7. The first-order valence-corrected chi connectivity index (χ1v) is 8.71. The maximum atomic E-state index is 4.81. The predicted molar refractivity (Wildman–Crippen MR) is 85.0 cm³/mol. The number of nitrogens with one attached hydrogen (secondary N) is 2. The van der Waals surface area contributed by atoms with Crippen LogP contribution in [-0.2, 0) is 12.0 Å². The first-order valence-electron chi connectivity index (χ1n) is 8.71. The summed E-state index contributed by atoms with van der Waals surface area (Å²) >= 11 is 0. The van der Waals surface area contributed by atoms with Crippen LogP contribution in [0.4, 0.5) is 0 Å². The number of imidazole rings is 1. The first kappa shape index (κ1) is 13.8. The SMILES string of the molecule is CC(C)(C)NCc1cnc(C23CC4CC(CC(C4)C2)C3)[nH]1. The highest BCUT2D eigenvalue weighted by Gasteiger charge is 2.52. The monoisotopic (exact) mass is 287 g/mol. The summed E-state index contributed by atoms with van der Waals surface area (Å²) in [6, 6.07) is 0. The number of hydrogen-bond donors (Lipinski definition) is 2. The number of aromatic amines is 1. The molecule has 3 nitrogen and oxygen atoms in total. The maximum absolute atomic E-state index is 4.81. The van der Waals surface area contributed by atoms with Crippen LogP contribution in [0, 0.1) is 17.8 Å². The molecule has 1 aromatic rings. The fourth-order valence-corrected chi connectivity index (χ4v) is 5.48. The van der Waals surface area contributed by atoms with E-state index in [9.17, 15) is 0 Å². The molecule has 0 amide bonds. The van der Waals surface area contributed by atoms with E-state index in [0.717, 1.165) is 24.3 Å². The average Bonchev–Trinajstić information content (AvgIpc) is 2.83. The number of nitrogens with zero attached hydrogens (tertiary/aromatic N) is 1. The Balaban J connectivity index is 1.53. The zero-order valence-electron chi connectivity index (χ0n) is 13.7. The van der Waals surface area contributed by atoms with Crippen molar-refractivity contribution >= 4 is 0 Å². The minimum absolute atomic E-state index is 0.159. The minimum atomic E-state index is 0.159. The smallest absolute Gasteiger partial charge is 0.112 e. The summed E-state index contributed by atoms with van der Waals surface area (Å²) < 4.78 is 0. The highest BCUT2D eigenvalue weighted by molar-refractivity contribution is 5.19. The van der Waals surface area contributed by atoms with Gasteiger partial charge >= 0.3 is 0 Å². The lowest BCUT2D eigenvalue weighted by Crippen LogP contribution is -2.49. The average molecular weight is 287 g/mol. The zero-order chi connectivity index (χ0) is 14.7. The van der Waals surface area contributed by atoms with Gasteiger partial charge < -0.3 is 10.3 Å². The number of aromatic nitrogens is 2. The second-order valence-corrected chi connectivity index (χ2v) is 9.06. The molecule has 1 heterocycles. The molecule has 116 valence electrons. The van der Waals surface area contributed by atoms with E-state index < -0.39 is 0 Å². The van der Waals surface area contributed by atoms with E-state index in [-0.39, 0.29) is 5.54 Å².